The quantitative estimate of drug-likeness (QED) is 0.813. The number of hydrogen-bond acceptors (Lipinski definition) is 2. The number of nitrogens with one attached hydrogen (secondary N) is 1. The van der Waals surface area contributed by atoms with Crippen LogP contribution in [-0.2, 0) is 13.1 Å². The van der Waals surface area contributed by atoms with E-state index in [1.54, 1.807) is 29.3 Å². The molecule has 1 saturated heterocycles. The van der Waals surface area contributed by atoms with E-state index in [4.69, 9.17) is 11.6 Å². The van der Waals surface area contributed by atoms with Crippen molar-refractivity contribution in [2.24, 2.45) is 4.99 Å². The van der Waals surface area contributed by atoms with Gasteiger partial charge >= 0.3 is 0 Å². The molecule has 0 saturated carbocycles. The summed E-state index contributed by atoms with van der Waals surface area (Å²) in [6, 6.07) is 13.6. The Hall–Kier alpha value is -1.84. The highest BCUT2D eigenvalue weighted by atomic mass is 35.5. The minimum Gasteiger partial charge on any atom is -0.507 e. The number of phenolic OH excluding ortho intramolecular Hbond substituents is 1. The number of aromatic hydroxyl groups is 1. The standard InChI is InChI=1S/C19H21ClN2O/c20-18-7-8-19(23)17(11-18)13-21-12-15-3-5-16(6-4-15)14-22-9-1-2-10-22/h3-8,11,13,23H,1-2,9-10,12,14H2/p+1. The Labute approximate surface area is 142 Å². The van der Waals surface area contributed by atoms with E-state index < -0.39 is 0 Å². The van der Waals surface area contributed by atoms with Gasteiger partial charge in [0.1, 0.15) is 12.3 Å². The average Bonchev–Trinajstić information content (AvgIpc) is 3.05. The van der Waals surface area contributed by atoms with Crippen LogP contribution in [0, 0.1) is 0 Å². The minimum atomic E-state index is 0.196. The fraction of sp³-hybridized carbons (Fsp3) is 0.316. The largest absolute Gasteiger partial charge is 0.507 e. The molecule has 2 N–H and O–H groups in total. The van der Waals surface area contributed by atoms with Crippen LogP contribution in [0.4, 0.5) is 0 Å². The normalized spacial score (nSPS) is 15.5. The van der Waals surface area contributed by atoms with E-state index in [1.165, 1.54) is 37.1 Å². The zero-order valence-corrected chi connectivity index (χ0v) is 13.9. The van der Waals surface area contributed by atoms with Gasteiger partial charge in [-0.05, 0) is 23.8 Å². The van der Waals surface area contributed by atoms with E-state index in [1.807, 2.05) is 0 Å². The topological polar surface area (TPSA) is 37.0 Å². The Bertz CT molecular complexity index is 676. The van der Waals surface area contributed by atoms with E-state index >= 15 is 0 Å². The molecule has 1 heterocycles. The molecule has 0 aromatic heterocycles. The third kappa shape index (κ3) is 4.57. The van der Waals surface area contributed by atoms with Crippen molar-refractivity contribution in [1.82, 2.24) is 0 Å². The van der Waals surface area contributed by atoms with Gasteiger partial charge in [-0.3, -0.25) is 4.99 Å². The first kappa shape index (κ1) is 16.0. The van der Waals surface area contributed by atoms with Gasteiger partial charge in [-0.15, -0.1) is 0 Å². The van der Waals surface area contributed by atoms with Crippen molar-refractivity contribution in [3.63, 3.8) is 0 Å². The molecule has 3 nitrogen and oxygen atoms in total. The summed E-state index contributed by atoms with van der Waals surface area (Å²) in [6.45, 7) is 4.33. The molecular formula is C19H22ClN2O+. The van der Waals surface area contributed by atoms with Crippen LogP contribution in [0.25, 0.3) is 0 Å². The number of likely N-dealkylation sites (tertiary alicyclic amines) is 1. The average molecular weight is 330 g/mol. The van der Waals surface area contributed by atoms with Crippen LogP contribution >= 0.6 is 11.6 Å². The molecule has 0 aliphatic carbocycles. The van der Waals surface area contributed by atoms with Crippen molar-refractivity contribution in [2.45, 2.75) is 25.9 Å². The van der Waals surface area contributed by atoms with Gasteiger partial charge < -0.3 is 10.0 Å². The molecule has 1 aliphatic rings. The summed E-state index contributed by atoms with van der Waals surface area (Å²) in [7, 11) is 0. The molecule has 0 bridgehead atoms. The second kappa shape index (κ2) is 7.62. The maximum atomic E-state index is 9.75. The molecule has 1 aliphatic heterocycles. The molecule has 2 aromatic carbocycles. The number of nitrogens with zero attached hydrogens (tertiary/aromatic N) is 1. The van der Waals surface area contributed by atoms with Gasteiger partial charge in [0.05, 0.1) is 19.6 Å². The molecule has 0 amide bonds. The third-order valence-corrected chi connectivity index (χ3v) is 4.52. The van der Waals surface area contributed by atoms with Gasteiger partial charge in [0.15, 0.2) is 0 Å². The molecule has 0 spiro atoms. The van der Waals surface area contributed by atoms with Gasteiger partial charge in [-0.1, -0.05) is 35.9 Å². The zero-order chi connectivity index (χ0) is 16.1. The second-order valence-electron chi connectivity index (χ2n) is 6.12. The monoisotopic (exact) mass is 329 g/mol. The Morgan fingerprint density at radius 2 is 1.74 bits per heavy atom. The molecule has 2 aromatic rings. The highest BCUT2D eigenvalue weighted by Crippen LogP contribution is 2.19. The van der Waals surface area contributed by atoms with Crippen molar-refractivity contribution in [1.29, 1.82) is 0 Å². The molecule has 0 unspecified atom stereocenters. The highest BCUT2D eigenvalue weighted by molar-refractivity contribution is 6.30. The number of phenols is 1. The van der Waals surface area contributed by atoms with Crippen molar-refractivity contribution >= 4 is 17.8 Å². The Morgan fingerprint density at radius 3 is 2.48 bits per heavy atom. The third-order valence-electron chi connectivity index (χ3n) is 4.28. The van der Waals surface area contributed by atoms with Crippen molar-refractivity contribution in [3.05, 3.63) is 64.2 Å². The van der Waals surface area contributed by atoms with Gasteiger partial charge in [0, 0.05) is 35.2 Å². The minimum absolute atomic E-state index is 0.196. The predicted molar refractivity (Wildman–Crippen MR) is 94.5 cm³/mol. The summed E-state index contributed by atoms with van der Waals surface area (Å²) in [5.41, 5.74) is 3.21. The number of quaternary nitrogens is 1. The van der Waals surface area contributed by atoms with Crippen molar-refractivity contribution < 1.29 is 10.0 Å². The molecule has 120 valence electrons. The van der Waals surface area contributed by atoms with E-state index in [-0.39, 0.29) is 5.75 Å². The summed E-state index contributed by atoms with van der Waals surface area (Å²) in [6.07, 6.45) is 4.39. The van der Waals surface area contributed by atoms with Crippen LogP contribution in [0.2, 0.25) is 5.02 Å². The molecule has 1 fully saturated rings. The SMILES string of the molecule is Oc1ccc(Cl)cc1C=NCc1ccc(C[NH+]2CCCC2)cc1. The fourth-order valence-corrected chi connectivity index (χ4v) is 3.16. The van der Waals surface area contributed by atoms with Crippen LogP contribution in [0.3, 0.4) is 0 Å². The lowest BCUT2D eigenvalue weighted by molar-refractivity contribution is -0.901. The molecule has 0 atom stereocenters. The van der Waals surface area contributed by atoms with Gasteiger partial charge in [-0.2, -0.15) is 0 Å². The maximum absolute atomic E-state index is 9.75. The van der Waals surface area contributed by atoms with Gasteiger partial charge in [0.25, 0.3) is 0 Å². The van der Waals surface area contributed by atoms with Crippen LogP contribution in [0.5, 0.6) is 5.75 Å². The molecule has 4 heteroatoms. The molecule has 3 rings (SSSR count). The van der Waals surface area contributed by atoms with E-state index in [2.05, 4.69) is 29.3 Å². The summed E-state index contributed by atoms with van der Waals surface area (Å²) >= 11 is 5.93. The molecular weight excluding hydrogens is 308 g/mol. The molecule has 0 radical (unpaired) electrons. The highest BCUT2D eigenvalue weighted by Gasteiger charge is 2.15. The zero-order valence-electron chi connectivity index (χ0n) is 13.1. The second-order valence-corrected chi connectivity index (χ2v) is 6.56. The summed E-state index contributed by atoms with van der Waals surface area (Å²) < 4.78 is 0. The van der Waals surface area contributed by atoms with Gasteiger partial charge in [-0.25, -0.2) is 0 Å². The first-order valence-corrected chi connectivity index (χ1v) is 8.48. The number of aliphatic imine (C=N–C) groups is 1. The van der Waals surface area contributed by atoms with E-state index in [9.17, 15) is 5.11 Å². The number of rotatable bonds is 5. The lowest BCUT2D eigenvalue weighted by atomic mass is 10.1. The summed E-state index contributed by atoms with van der Waals surface area (Å²) in [5, 5.41) is 10.3. The number of halogens is 1. The first-order chi connectivity index (χ1) is 11.2. The summed E-state index contributed by atoms with van der Waals surface area (Å²) in [4.78, 5) is 6.09. The molecule has 23 heavy (non-hydrogen) atoms. The van der Waals surface area contributed by atoms with Crippen LogP contribution in [-0.4, -0.2) is 24.4 Å². The van der Waals surface area contributed by atoms with Crippen LogP contribution in [0.1, 0.15) is 29.5 Å². The fourth-order valence-electron chi connectivity index (χ4n) is 2.98. The Kier molecular flexibility index (Phi) is 5.31. The number of benzene rings is 2. The predicted octanol–water partition coefficient (Wildman–Crippen LogP) is 2.84. The van der Waals surface area contributed by atoms with Crippen molar-refractivity contribution in [3.8, 4) is 5.75 Å². The lowest BCUT2D eigenvalue weighted by Crippen LogP contribution is -3.08. The number of hydrogen-bond donors (Lipinski definition) is 2. The Morgan fingerprint density at radius 1 is 1.04 bits per heavy atom. The van der Waals surface area contributed by atoms with Crippen LogP contribution < -0.4 is 4.90 Å². The maximum Gasteiger partial charge on any atom is 0.124 e. The lowest BCUT2D eigenvalue weighted by Gasteiger charge is -2.12. The summed E-state index contributed by atoms with van der Waals surface area (Å²) in [5.74, 6) is 0.196. The van der Waals surface area contributed by atoms with E-state index in [0.29, 0.717) is 17.1 Å². The smallest absolute Gasteiger partial charge is 0.124 e. The Balaban J connectivity index is 1.57. The van der Waals surface area contributed by atoms with Gasteiger partial charge in [0.2, 0.25) is 0 Å². The van der Waals surface area contributed by atoms with E-state index in [0.717, 1.165) is 6.54 Å². The van der Waals surface area contributed by atoms with Crippen molar-refractivity contribution in [2.75, 3.05) is 13.1 Å². The first-order valence-electron chi connectivity index (χ1n) is 8.10. The van der Waals surface area contributed by atoms with Crippen LogP contribution in [0.15, 0.2) is 47.5 Å².